The van der Waals surface area contributed by atoms with Crippen LogP contribution >= 0.6 is 0 Å². The summed E-state index contributed by atoms with van der Waals surface area (Å²) in [6.45, 7) is 7.70. The zero-order valence-corrected chi connectivity index (χ0v) is 15.0. The first-order valence-corrected chi connectivity index (χ1v) is 7.72. The third-order valence-corrected chi connectivity index (χ3v) is 3.18. The fraction of sp³-hybridized carbons (Fsp3) is 0.625. The zero-order valence-electron chi connectivity index (χ0n) is 15.0. The predicted molar refractivity (Wildman–Crippen MR) is 83.2 cm³/mol. The van der Waals surface area contributed by atoms with Crippen LogP contribution in [0.4, 0.5) is 0 Å². The van der Waals surface area contributed by atoms with Crippen LogP contribution in [0.1, 0.15) is 27.7 Å². The number of hydrogen-bond donors (Lipinski definition) is 0. The van der Waals surface area contributed by atoms with E-state index in [1.165, 1.54) is 6.92 Å². The number of ether oxygens (including phenoxy) is 6. The summed E-state index contributed by atoms with van der Waals surface area (Å²) in [5, 5.41) is 0. The standard InChI is InChI=1S/C16H22O10/c1-6-21-15-14(24-10(4)19)13(23-9(3)18)12(7-22-8(2)17)26-16(15)25-11(5)20/h6,12-16H,1,7H2,2-5H3/t12-,13-,14+,15+,16+/m1/s1. The minimum Gasteiger partial charge on any atom is -0.488 e. The normalized spacial score (nSPS) is 27.6. The maximum absolute atomic E-state index is 11.5. The molecule has 0 amide bonds. The van der Waals surface area contributed by atoms with Gasteiger partial charge in [0.1, 0.15) is 12.7 Å². The number of rotatable bonds is 7. The average Bonchev–Trinajstić information content (AvgIpc) is 2.49. The highest BCUT2D eigenvalue weighted by Crippen LogP contribution is 2.29. The summed E-state index contributed by atoms with van der Waals surface area (Å²) in [6, 6.07) is 0. The molecule has 0 aliphatic carbocycles. The lowest BCUT2D eigenvalue weighted by Crippen LogP contribution is -2.62. The Morgan fingerprint density at radius 1 is 0.846 bits per heavy atom. The second-order valence-electron chi connectivity index (χ2n) is 5.37. The third kappa shape index (κ3) is 6.36. The monoisotopic (exact) mass is 374 g/mol. The van der Waals surface area contributed by atoms with Crippen molar-refractivity contribution >= 4 is 23.9 Å². The Morgan fingerprint density at radius 2 is 1.38 bits per heavy atom. The largest absolute Gasteiger partial charge is 0.488 e. The van der Waals surface area contributed by atoms with Gasteiger partial charge in [-0.05, 0) is 0 Å². The highest BCUT2D eigenvalue weighted by Gasteiger charge is 2.52. The summed E-state index contributed by atoms with van der Waals surface area (Å²) in [5.74, 6) is -2.68. The first kappa shape index (κ1) is 21.4. The highest BCUT2D eigenvalue weighted by atomic mass is 16.7. The molecule has 1 aliphatic rings. The fourth-order valence-electron chi connectivity index (χ4n) is 2.39. The zero-order chi connectivity index (χ0) is 19.9. The van der Waals surface area contributed by atoms with E-state index in [1.54, 1.807) is 0 Å². The molecule has 1 heterocycles. The van der Waals surface area contributed by atoms with Crippen molar-refractivity contribution in [1.82, 2.24) is 0 Å². The molecule has 5 atom stereocenters. The smallest absolute Gasteiger partial charge is 0.305 e. The lowest BCUT2D eigenvalue weighted by atomic mass is 9.98. The Balaban J connectivity index is 3.23. The van der Waals surface area contributed by atoms with Crippen molar-refractivity contribution in [2.75, 3.05) is 6.61 Å². The highest BCUT2D eigenvalue weighted by molar-refractivity contribution is 5.68. The summed E-state index contributed by atoms with van der Waals surface area (Å²) in [5.41, 5.74) is 0. The van der Waals surface area contributed by atoms with E-state index in [2.05, 4.69) is 6.58 Å². The van der Waals surface area contributed by atoms with Crippen LogP contribution in [0, 0.1) is 0 Å². The quantitative estimate of drug-likeness (QED) is 0.347. The van der Waals surface area contributed by atoms with Gasteiger partial charge in [0.2, 0.25) is 12.4 Å². The van der Waals surface area contributed by atoms with Gasteiger partial charge in [0.15, 0.2) is 12.2 Å². The van der Waals surface area contributed by atoms with E-state index in [4.69, 9.17) is 28.4 Å². The van der Waals surface area contributed by atoms with Crippen molar-refractivity contribution in [1.29, 1.82) is 0 Å². The van der Waals surface area contributed by atoms with E-state index in [9.17, 15) is 19.2 Å². The van der Waals surface area contributed by atoms with Crippen LogP contribution in [0.2, 0.25) is 0 Å². The molecule has 146 valence electrons. The lowest BCUT2D eigenvalue weighted by Gasteiger charge is -2.43. The fourth-order valence-corrected chi connectivity index (χ4v) is 2.39. The Morgan fingerprint density at radius 3 is 1.85 bits per heavy atom. The SMILES string of the molecule is C=CO[C@@H]1[C@@H](OC(C)=O)O[C@H](COC(C)=O)[C@@H](OC(C)=O)[C@@H]1OC(C)=O. The lowest BCUT2D eigenvalue weighted by molar-refractivity contribution is -0.298. The number of hydrogen-bond acceptors (Lipinski definition) is 10. The summed E-state index contributed by atoms with van der Waals surface area (Å²) >= 11 is 0. The molecule has 0 bridgehead atoms. The van der Waals surface area contributed by atoms with Gasteiger partial charge in [-0.15, -0.1) is 0 Å². The van der Waals surface area contributed by atoms with Crippen molar-refractivity contribution in [3.05, 3.63) is 12.8 Å². The molecule has 0 spiro atoms. The van der Waals surface area contributed by atoms with Gasteiger partial charge in [-0.1, -0.05) is 6.58 Å². The molecule has 0 aromatic rings. The van der Waals surface area contributed by atoms with Crippen LogP contribution in [-0.2, 0) is 47.6 Å². The van der Waals surface area contributed by atoms with Gasteiger partial charge in [-0.2, -0.15) is 0 Å². The van der Waals surface area contributed by atoms with Crippen LogP contribution < -0.4 is 0 Å². The van der Waals surface area contributed by atoms with Gasteiger partial charge in [0.25, 0.3) is 0 Å². The molecule has 0 N–H and O–H groups in total. The predicted octanol–water partition coefficient (Wildman–Crippen LogP) is 0.230. The maximum Gasteiger partial charge on any atom is 0.305 e. The summed E-state index contributed by atoms with van der Waals surface area (Å²) in [7, 11) is 0. The summed E-state index contributed by atoms with van der Waals surface area (Å²) in [6.07, 6.45) is -4.87. The van der Waals surface area contributed by atoms with E-state index in [1.807, 2.05) is 0 Å². The first-order valence-electron chi connectivity index (χ1n) is 7.72. The molecule has 1 saturated heterocycles. The van der Waals surface area contributed by atoms with E-state index in [0.29, 0.717) is 0 Å². The molecule has 0 radical (unpaired) electrons. The van der Waals surface area contributed by atoms with Crippen LogP contribution in [0.25, 0.3) is 0 Å². The summed E-state index contributed by atoms with van der Waals surface area (Å²) in [4.78, 5) is 45.5. The van der Waals surface area contributed by atoms with Gasteiger partial charge >= 0.3 is 23.9 Å². The average molecular weight is 374 g/mol. The van der Waals surface area contributed by atoms with Crippen LogP contribution in [0.5, 0.6) is 0 Å². The molecule has 10 heteroatoms. The summed E-state index contributed by atoms with van der Waals surface area (Å²) < 4.78 is 31.2. The second-order valence-corrected chi connectivity index (χ2v) is 5.37. The van der Waals surface area contributed by atoms with Crippen LogP contribution in [0.3, 0.4) is 0 Å². The Hall–Kier alpha value is -2.62. The van der Waals surface area contributed by atoms with Gasteiger partial charge in [0, 0.05) is 27.7 Å². The molecular formula is C16H22O10. The van der Waals surface area contributed by atoms with E-state index in [0.717, 1.165) is 27.0 Å². The van der Waals surface area contributed by atoms with Crippen LogP contribution in [-0.4, -0.2) is 61.2 Å². The number of carbonyl (C=O) groups is 4. The molecule has 1 fully saturated rings. The Kier molecular flexibility index (Phi) is 8.04. The van der Waals surface area contributed by atoms with E-state index in [-0.39, 0.29) is 6.61 Å². The molecule has 0 saturated carbocycles. The van der Waals surface area contributed by atoms with Gasteiger partial charge in [-0.3, -0.25) is 19.2 Å². The maximum atomic E-state index is 11.5. The van der Waals surface area contributed by atoms with Crippen molar-refractivity contribution in [3.8, 4) is 0 Å². The van der Waals surface area contributed by atoms with E-state index < -0.39 is 54.6 Å². The molecule has 10 nitrogen and oxygen atoms in total. The molecule has 1 aliphatic heterocycles. The molecular weight excluding hydrogens is 352 g/mol. The van der Waals surface area contributed by atoms with Gasteiger partial charge < -0.3 is 28.4 Å². The van der Waals surface area contributed by atoms with Crippen molar-refractivity contribution in [2.24, 2.45) is 0 Å². The molecule has 0 aromatic carbocycles. The Labute approximate surface area is 150 Å². The van der Waals surface area contributed by atoms with Crippen molar-refractivity contribution in [3.63, 3.8) is 0 Å². The number of esters is 4. The molecule has 0 aromatic heterocycles. The molecule has 26 heavy (non-hydrogen) atoms. The third-order valence-electron chi connectivity index (χ3n) is 3.18. The molecule has 0 unspecified atom stereocenters. The minimum absolute atomic E-state index is 0.330. The Bertz CT molecular complexity index is 557. The first-order chi connectivity index (χ1) is 12.1. The molecule has 1 rings (SSSR count). The van der Waals surface area contributed by atoms with Crippen LogP contribution in [0.15, 0.2) is 12.8 Å². The number of carbonyl (C=O) groups excluding carboxylic acids is 4. The second kappa shape index (κ2) is 9.76. The topological polar surface area (TPSA) is 124 Å². The van der Waals surface area contributed by atoms with Gasteiger partial charge in [0.05, 0.1) is 6.26 Å². The minimum atomic E-state index is -1.32. The van der Waals surface area contributed by atoms with E-state index >= 15 is 0 Å². The van der Waals surface area contributed by atoms with Crippen molar-refractivity contribution in [2.45, 2.75) is 58.4 Å². The van der Waals surface area contributed by atoms with Crippen molar-refractivity contribution < 1.29 is 47.6 Å². The van der Waals surface area contributed by atoms with Gasteiger partial charge in [-0.25, -0.2) is 0 Å².